The van der Waals surface area contributed by atoms with E-state index in [2.05, 4.69) is 31.1 Å². The van der Waals surface area contributed by atoms with E-state index in [4.69, 9.17) is 0 Å². The second kappa shape index (κ2) is 5.42. The Hall–Kier alpha value is -0.370. The number of nitrogens with one attached hydrogen (secondary N) is 1. The van der Waals surface area contributed by atoms with E-state index in [1.54, 1.807) is 0 Å². The van der Waals surface area contributed by atoms with E-state index in [9.17, 15) is 0 Å². The van der Waals surface area contributed by atoms with Gasteiger partial charge < -0.3 is 10.3 Å². The Labute approximate surface area is 63.7 Å². The first-order chi connectivity index (χ1) is 4.66. The van der Waals surface area contributed by atoms with Crippen LogP contribution in [-0.4, -0.2) is 25.8 Å². The van der Waals surface area contributed by atoms with Gasteiger partial charge in [-0.05, 0) is 0 Å². The van der Waals surface area contributed by atoms with Crippen molar-refractivity contribution in [1.29, 1.82) is 0 Å². The standard InChI is InChI=1S/C8H18N2/c1-7(2)10-6-8(3)5-9-4/h5,7-8,10H,6H2,1-4H3/b9-5+. The summed E-state index contributed by atoms with van der Waals surface area (Å²) in [6, 6.07) is 0.577. The Morgan fingerprint density at radius 2 is 2.00 bits per heavy atom. The molecule has 2 heteroatoms. The summed E-state index contributed by atoms with van der Waals surface area (Å²) in [5, 5.41) is 3.34. The lowest BCUT2D eigenvalue weighted by atomic mass is 10.2. The number of nitrogens with zero attached hydrogens (tertiary/aromatic N) is 1. The highest BCUT2D eigenvalue weighted by Crippen LogP contribution is 1.88. The Bertz CT molecular complexity index is 97.4. The van der Waals surface area contributed by atoms with Crippen LogP contribution in [0, 0.1) is 5.92 Å². The number of hydrogen-bond donors (Lipinski definition) is 1. The molecule has 2 nitrogen and oxygen atoms in total. The van der Waals surface area contributed by atoms with Crippen molar-refractivity contribution in [3.05, 3.63) is 0 Å². The Kier molecular flexibility index (Phi) is 5.22. The summed E-state index contributed by atoms with van der Waals surface area (Å²) < 4.78 is 0. The number of aliphatic imine (C=N–C) groups is 1. The summed E-state index contributed by atoms with van der Waals surface area (Å²) >= 11 is 0. The summed E-state index contributed by atoms with van der Waals surface area (Å²) in [5.74, 6) is 0.549. The second-order valence-corrected chi connectivity index (χ2v) is 2.95. The lowest BCUT2D eigenvalue weighted by Gasteiger charge is -2.09. The van der Waals surface area contributed by atoms with Crippen molar-refractivity contribution in [1.82, 2.24) is 5.32 Å². The largest absolute Gasteiger partial charge is 0.314 e. The highest BCUT2D eigenvalue weighted by Gasteiger charge is 1.97. The summed E-state index contributed by atoms with van der Waals surface area (Å²) in [5.41, 5.74) is 0. The van der Waals surface area contributed by atoms with Gasteiger partial charge in [-0.25, -0.2) is 0 Å². The zero-order chi connectivity index (χ0) is 7.98. The molecule has 60 valence electrons. The van der Waals surface area contributed by atoms with E-state index >= 15 is 0 Å². The Morgan fingerprint density at radius 3 is 2.40 bits per heavy atom. The van der Waals surface area contributed by atoms with Crippen molar-refractivity contribution in [2.75, 3.05) is 13.6 Å². The molecule has 1 unspecified atom stereocenters. The monoisotopic (exact) mass is 142 g/mol. The number of rotatable bonds is 4. The molecule has 0 aliphatic carbocycles. The molecule has 0 aromatic heterocycles. The lowest BCUT2D eigenvalue weighted by Crippen LogP contribution is -2.28. The maximum Gasteiger partial charge on any atom is 0.0273 e. The van der Waals surface area contributed by atoms with Gasteiger partial charge in [-0.15, -0.1) is 0 Å². The molecule has 1 N–H and O–H groups in total. The third-order valence-corrected chi connectivity index (χ3v) is 1.25. The molecule has 0 aliphatic rings. The van der Waals surface area contributed by atoms with Crippen molar-refractivity contribution in [2.24, 2.45) is 10.9 Å². The van der Waals surface area contributed by atoms with Gasteiger partial charge in [0, 0.05) is 31.8 Å². The molecule has 0 spiro atoms. The van der Waals surface area contributed by atoms with Crippen molar-refractivity contribution in [2.45, 2.75) is 26.8 Å². The minimum Gasteiger partial charge on any atom is -0.314 e. The van der Waals surface area contributed by atoms with Gasteiger partial charge >= 0.3 is 0 Å². The summed E-state index contributed by atoms with van der Waals surface area (Å²) in [4.78, 5) is 3.95. The van der Waals surface area contributed by atoms with Gasteiger partial charge in [0.05, 0.1) is 0 Å². The summed E-state index contributed by atoms with van der Waals surface area (Å²) in [6.45, 7) is 7.48. The van der Waals surface area contributed by atoms with E-state index in [-0.39, 0.29) is 0 Å². The molecule has 0 heterocycles. The van der Waals surface area contributed by atoms with E-state index in [0.717, 1.165) is 6.54 Å². The lowest BCUT2D eigenvalue weighted by molar-refractivity contribution is 0.551. The van der Waals surface area contributed by atoms with E-state index in [1.807, 2.05) is 13.3 Å². The highest BCUT2D eigenvalue weighted by molar-refractivity contribution is 5.60. The van der Waals surface area contributed by atoms with Crippen LogP contribution in [-0.2, 0) is 0 Å². The van der Waals surface area contributed by atoms with Crippen LogP contribution in [0.4, 0.5) is 0 Å². The topological polar surface area (TPSA) is 24.4 Å². The molecular weight excluding hydrogens is 124 g/mol. The molecule has 0 bridgehead atoms. The minimum absolute atomic E-state index is 0.549. The molecule has 0 saturated heterocycles. The van der Waals surface area contributed by atoms with Crippen LogP contribution < -0.4 is 5.32 Å². The predicted molar refractivity (Wildman–Crippen MR) is 46.7 cm³/mol. The fraction of sp³-hybridized carbons (Fsp3) is 0.875. The van der Waals surface area contributed by atoms with Gasteiger partial charge in [0.25, 0.3) is 0 Å². The fourth-order valence-corrected chi connectivity index (χ4v) is 0.729. The van der Waals surface area contributed by atoms with Crippen molar-refractivity contribution < 1.29 is 0 Å². The van der Waals surface area contributed by atoms with Crippen LogP contribution in [0.25, 0.3) is 0 Å². The molecule has 0 aromatic carbocycles. The first-order valence-corrected chi connectivity index (χ1v) is 3.82. The van der Waals surface area contributed by atoms with Crippen LogP contribution in [0.1, 0.15) is 20.8 Å². The van der Waals surface area contributed by atoms with E-state index in [1.165, 1.54) is 0 Å². The van der Waals surface area contributed by atoms with Crippen LogP contribution >= 0.6 is 0 Å². The molecule has 10 heavy (non-hydrogen) atoms. The summed E-state index contributed by atoms with van der Waals surface area (Å²) in [7, 11) is 1.81. The molecule has 0 aliphatic heterocycles. The zero-order valence-electron chi connectivity index (χ0n) is 7.39. The molecule has 0 fully saturated rings. The van der Waals surface area contributed by atoms with Gasteiger partial charge in [-0.3, -0.25) is 0 Å². The average Bonchev–Trinajstić information content (AvgIpc) is 1.85. The third kappa shape index (κ3) is 5.76. The molecule has 0 amide bonds. The SMILES string of the molecule is C/N=C/C(C)CNC(C)C. The van der Waals surface area contributed by atoms with Gasteiger partial charge in [0.15, 0.2) is 0 Å². The average molecular weight is 142 g/mol. The minimum atomic E-state index is 0.549. The van der Waals surface area contributed by atoms with Crippen LogP contribution in [0.15, 0.2) is 4.99 Å². The van der Waals surface area contributed by atoms with Gasteiger partial charge in [-0.1, -0.05) is 20.8 Å². The first-order valence-electron chi connectivity index (χ1n) is 3.82. The second-order valence-electron chi connectivity index (χ2n) is 2.95. The zero-order valence-corrected chi connectivity index (χ0v) is 7.39. The smallest absolute Gasteiger partial charge is 0.0273 e. The van der Waals surface area contributed by atoms with Crippen LogP contribution in [0.5, 0.6) is 0 Å². The summed E-state index contributed by atoms with van der Waals surface area (Å²) in [6.07, 6.45) is 1.97. The van der Waals surface area contributed by atoms with Gasteiger partial charge in [0.2, 0.25) is 0 Å². The highest BCUT2D eigenvalue weighted by atomic mass is 14.9. The quantitative estimate of drug-likeness (QED) is 0.588. The fourth-order valence-electron chi connectivity index (χ4n) is 0.729. The van der Waals surface area contributed by atoms with Crippen molar-refractivity contribution >= 4 is 6.21 Å². The van der Waals surface area contributed by atoms with E-state index in [0.29, 0.717) is 12.0 Å². The molecular formula is C8H18N2. The normalized spacial score (nSPS) is 14.9. The Morgan fingerprint density at radius 1 is 1.40 bits per heavy atom. The van der Waals surface area contributed by atoms with E-state index < -0.39 is 0 Å². The molecule has 0 saturated carbocycles. The third-order valence-electron chi connectivity index (χ3n) is 1.25. The first kappa shape index (κ1) is 9.63. The number of hydrogen-bond acceptors (Lipinski definition) is 2. The maximum absolute atomic E-state index is 3.95. The van der Waals surface area contributed by atoms with Gasteiger partial charge in [0.1, 0.15) is 0 Å². The maximum atomic E-state index is 3.95. The van der Waals surface area contributed by atoms with Crippen molar-refractivity contribution in [3.8, 4) is 0 Å². The van der Waals surface area contributed by atoms with Gasteiger partial charge in [-0.2, -0.15) is 0 Å². The molecule has 1 atom stereocenters. The Balaban J connectivity index is 3.30. The van der Waals surface area contributed by atoms with Crippen LogP contribution in [0.3, 0.4) is 0 Å². The predicted octanol–water partition coefficient (Wildman–Crippen LogP) is 1.32. The molecule has 0 radical (unpaired) electrons. The van der Waals surface area contributed by atoms with Crippen LogP contribution in [0.2, 0.25) is 0 Å². The molecule has 0 aromatic rings. The van der Waals surface area contributed by atoms with Crippen molar-refractivity contribution in [3.63, 3.8) is 0 Å². The molecule has 0 rings (SSSR count).